The first-order valence-electron chi connectivity index (χ1n) is 13.6. The highest BCUT2D eigenvalue weighted by molar-refractivity contribution is 7.98. The van der Waals surface area contributed by atoms with E-state index in [0.29, 0.717) is 12.6 Å². The Morgan fingerprint density at radius 3 is 2.30 bits per heavy atom. The second kappa shape index (κ2) is 15.7. The van der Waals surface area contributed by atoms with Crippen LogP contribution in [-0.2, 0) is 13.0 Å². The molecule has 3 aromatic carbocycles. The molecule has 2 heterocycles. The fourth-order valence-electron chi connectivity index (χ4n) is 4.72. The molecule has 4 nitrogen and oxygen atoms in total. The molecule has 0 spiro atoms. The smallest absolute Gasteiger partial charge is 0.101 e. The van der Waals surface area contributed by atoms with Crippen molar-refractivity contribution < 1.29 is 5.11 Å². The van der Waals surface area contributed by atoms with Crippen LogP contribution in [0.25, 0.3) is 21.7 Å². The third-order valence-corrected chi connectivity index (χ3v) is 7.25. The summed E-state index contributed by atoms with van der Waals surface area (Å²) in [7, 11) is 0. The third-order valence-electron chi connectivity index (χ3n) is 6.51. The van der Waals surface area contributed by atoms with Crippen LogP contribution < -0.4 is 5.32 Å². The molecule has 5 rings (SSSR count). The average Bonchev–Trinajstić information content (AvgIpc) is 3.46. The van der Waals surface area contributed by atoms with Gasteiger partial charge in [0.25, 0.3) is 0 Å². The summed E-state index contributed by atoms with van der Waals surface area (Å²) in [5.74, 6) is 0. The Balaban J connectivity index is 0.000000193. The quantitative estimate of drug-likeness (QED) is 0.248. The Morgan fingerprint density at radius 2 is 1.59 bits per heavy atom. The molecule has 1 fully saturated rings. The minimum Gasteiger partial charge on any atom is -0.395 e. The normalized spacial score (nSPS) is 14.1. The van der Waals surface area contributed by atoms with Crippen molar-refractivity contribution in [2.45, 2.75) is 57.6 Å². The number of aliphatic hydroxyl groups is 1. The van der Waals surface area contributed by atoms with Crippen LogP contribution in [0.2, 0.25) is 0 Å². The zero-order valence-corrected chi connectivity index (χ0v) is 23.7. The van der Waals surface area contributed by atoms with Crippen LogP contribution in [0.4, 0.5) is 0 Å². The molecule has 0 aliphatic carbocycles. The van der Waals surface area contributed by atoms with Gasteiger partial charge >= 0.3 is 0 Å². The lowest BCUT2D eigenvalue weighted by molar-refractivity contribution is 0.285. The van der Waals surface area contributed by atoms with Gasteiger partial charge in [0.05, 0.1) is 12.1 Å². The number of thioether (sulfide) groups is 1. The van der Waals surface area contributed by atoms with Gasteiger partial charge in [0, 0.05) is 24.5 Å². The van der Waals surface area contributed by atoms with Crippen molar-refractivity contribution >= 4 is 33.4 Å². The highest BCUT2D eigenvalue weighted by Crippen LogP contribution is 2.25. The van der Waals surface area contributed by atoms with E-state index in [1.165, 1.54) is 58.2 Å². The summed E-state index contributed by atoms with van der Waals surface area (Å²) >= 11 is 1.76. The molecule has 198 valence electrons. The maximum atomic E-state index is 8.76. The number of rotatable bonds is 8. The topological polar surface area (TPSA) is 48.4 Å². The molecule has 0 bridgehead atoms. The van der Waals surface area contributed by atoms with Gasteiger partial charge in [-0.1, -0.05) is 74.5 Å². The summed E-state index contributed by atoms with van der Waals surface area (Å²) in [5, 5.41) is 17.0. The second-order valence-electron chi connectivity index (χ2n) is 9.30. The largest absolute Gasteiger partial charge is 0.395 e. The van der Waals surface area contributed by atoms with Crippen molar-refractivity contribution in [3.05, 3.63) is 83.9 Å². The van der Waals surface area contributed by atoms with Crippen LogP contribution in [0.3, 0.4) is 0 Å². The summed E-state index contributed by atoms with van der Waals surface area (Å²) in [4.78, 5) is 7.31. The van der Waals surface area contributed by atoms with Crippen LogP contribution in [0.15, 0.2) is 77.8 Å². The zero-order valence-electron chi connectivity index (χ0n) is 22.9. The number of hydrogen-bond donors (Lipinski definition) is 2. The van der Waals surface area contributed by atoms with E-state index in [1.54, 1.807) is 11.8 Å². The number of nitrogens with one attached hydrogen (secondary N) is 1. The van der Waals surface area contributed by atoms with E-state index in [1.807, 2.05) is 13.8 Å². The molecule has 37 heavy (non-hydrogen) atoms. The predicted molar refractivity (Wildman–Crippen MR) is 162 cm³/mol. The number of benzene rings is 3. The average molecular weight is 518 g/mol. The van der Waals surface area contributed by atoms with Crippen LogP contribution in [-0.4, -0.2) is 53.5 Å². The fraction of sp³-hybridized carbons (Fsp3) is 0.406. The van der Waals surface area contributed by atoms with Crippen LogP contribution in [0.1, 0.15) is 44.7 Å². The van der Waals surface area contributed by atoms with Crippen molar-refractivity contribution in [1.29, 1.82) is 0 Å². The van der Waals surface area contributed by atoms with E-state index in [4.69, 9.17) is 10.1 Å². The number of pyridine rings is 1. The van der Waals surface area contributed by atoms with E-state index >= 15 is 0 Å². The molecule has 1 atom stereocenters. The predicted octanol–water partition coefficient (Wildman–Crippen LogP) is 6.93. The maximum absolute atomic E-state index is 8.76. The van der Waals surface area contributed by atoms with Crippen molar-refractivity contribution in [1.82, 2.24) is 15.2 Å². The highest BCUT2D eigenvalue weighted by atomic mass is 32.2. The lowest BCUT2D eigenvalue weighted by Gasteiger charge is -2.16. The minimum absolute atomic E-state index is 0.196. The first kappa shape index (κ1) is 29.1. The Bertz CT molecular complexity index is 1220. The van der Waals surface area contributed by atoms with Gasteiger partial charge in [-0.3, -0.25) is 4.90 Å². The first-order chi connectivity index (χ1) is 18.2. The van der Waals surface area contributed by atoms with Crippen LogP contribution >= 0.6 is 11.8 Å². The SMILES string of the molecule is CC.CC(Cc1ccc2ccccc2c1)NCCO.CSc1nc2ccccc2cc1CN1CCCC1. The number of para-hydroxylation sites is 1. The molecule has 1 aliphatic heterocycles. The lowest BCUT2D eigenvalue weighted by Crippen LogP contribution is -2.30. The maximum Gasteiger partial charge on any atom is 0.101 e. The summed E-state index contributed by atoms with van der Waals surface area (Å²) in [5.41, 5.74) is 3.82. The standard InChI is InChI=1S/C15H18N2S.C15H19NO.C2H6/c1-18-15-13(11-17-8-4-5-9-17)10-12-6-2-3-7-14(12)16-15;1-12(16-8-9-17)10-13-6-7-14-4-2-3-5-15(14)11-13;1-2/h2-3,6-7,10H,4-5,8-9,11H2,1H3;2-7,11-12,16-17H,8-10H2,1H3;1-2H3. The molecule has 4 aromatic rings. The van der Waals surface area contributed by atoms with Gasteiger partial charge < -0.3 is 10.4 Å². The van der Waals surface area contributed by atoms with E-state index in [2.05, 4.69) is 96.2 Å². The van der Waals surface area contributed by atoms with Crippen LogP contribution in [0, 0.1) is 0 Å². The van der Waals surface area contributed by atoms with Crippen molar-refractivity contribution in [2.75, 3.05) is 32.5 Å². The van der Waals surface area contributed by atoms with Gasteiger partial charge in [-0.05, 0) is 79.6 Å². The molecule has 0 radical (unpaired) electrons. The number of aliphatic hydroxyl groups excluding tert-OH is 1. The van der Waals surface area contributed by atoms with E-state index in [0.717, 1.165) is 18.5 Å². The molecular weight excluding hydrogens is 474 g/mol. The monoisotopic (exact) mass is 517 g/mol. The Morgan fingerprint density at radius 1 is 0.919 bits per heavy atom. The van der Waals surface area contributed by atoms with Gasteiger partial charge in [-0.2, -0.15) is 0 Å². The van der Waals surface area contributed by atoms with Crippen molar-refractivity contribution in [2.24, 2.45) is 0 Å². The molecular formula is C32H43N3OS. The summed E-state index contributed by atoms with van der Waals surface area (Å²) in [6.07, 6.45) is 5.79. The Labute approximate surface area is 227 Å². The number of fused-ring (bicyclic) bond motifs is 2. The number of nitrogens with zero attached hydrogens (tertiary/aromatic N) is 2. The van der Waals surface area contributed by atoms with E-state index in [-0.39, 0.29) is 6.61 Å². The van der Waals surface area contributed by atoms with Crippen LogP contribution in [0.5, 0.6) is 0 Å². The zero-order chi connectivity index (χ0) is 26.5. The summed E-state index contributed by atoms with van der Waals surface area (Å²) in [6.45, 7) is 10.5. The Kier molecular flexibility index (Phi) is 12.4. The Hall–Kier alpha value is -2.44. The number of hydrogen-bond acceptors (Lipinski definition) is 5. The number of aromatic nitrogens is 1. The van der Waals surface area contributed by atoms with Crippen molar-refractivity contribution in [3.63, 3.8) is 0 Å². The van der Waals surface area contributed by atoms with Gasteiger partial charge in [-0.25, -0.2) is 4.98 Å². The second-order valence-corrected chi connectivity index (χ2v) is 10.1. The highest BCUT2D eigenvalue weighted by Gasteiger charge is 2.14. The summed E-state index contributed by atoms with van der Waals surface area (Å²) < 4.78 is 0. The molecule has 1 saturated heterocycles. The molecule has 1 unspecified atom stereocenters. The van der Waals surface area contributed by atoms with E-state index in [9.17, 15) is 0 Å². The first-order valence-corrected chi connectivity index (χ1v) is 14.9. The minimum atomic E-state index is 0.196. The van der Waals surface area contributed by atoms with Gasteiger partial charge in [-0.15, -0.1) is 11.8 Å². The van der Waals surface area contributed by atoms with Gasteiger partial charge in [0.2, 0.25) is 0 Å². The van der Waals surface area contributed by atoms with E-state index < -0.39 is 0 Å². The molecule has 0 amide bonds. The molecule has 1 aliphatic rings. The fourth-order valence-corrected chi connectivity index (χ4v) is 5.29. The van der Waals surface area contributed by atoms with Gasteiger partial charge in [0.1, 0.15) is 5.03 Å². The van der Waals surface area contributed by atoms with Crippen molar-refractivity contribution in [3.8, 4) is 0 Å². The summed E-state index contributed by atoms with van der Waals surface area (Å²) in [6, 6.07) is 26.1. The number of likely N-dealkylation sites (tertiary alicyclic amines) is 1. The molecule has 5 heteroatoms. The molecule has 0 saturated carbocycles. The lowest BCUT2D eigenvalue weighted by atomic mass is 10.0. The third kappa shape index (κ3) is 8.82. The molecule has 2 N–H and O–H groups in total. The molecule has 1 aromatic heterocycles. The van der Waals surface area contributed by atoms with Gasteiger partial charge in [0.15, 0.2) is 0 Å².